The summed E-state index contributed by atoms with van der Waals surface area (Å²) >= 11 is 0. The van der Waals surface area contributed by atoms with Gasteiger partial charge in [0.25, 0.3) is 10.0 Å². The average Bonchev–Trinajstić information content (AvgIpc) is 3.59. The van der Waals surface area contributed by atoms with Gasteiger partial charge in [0.05, 0.1) is 6.04 Å². The summed E-state index contributed by atoms with van der Waals surface area (Å²) in [6.07, 6.45) is 1.72. The van der Waals surface area contributed by atoms with Gasteiger partial charge in [-0.05, 0) is 72.9 Å². The second-order valence-electron chi connectivity index (χ2n) is 9.99. The molecule has 204 valence electrons. The van der Waals surface area contributed by atoms with Gasteiger partial charge in [-0.15, -0.1) is 0 Å². The van der Waals surface area contributed by atoms with Crippen LogP contribution in [0.15, 0.2) is 82.3 Å². The molecule has 0 spiro atoms. The normalized spacial score (nSPS) is 16.0. The summed E-state index contributed by atoms with van der Waals surface area (Å²) in [5.74, 6) is 0.0983. The van der Waals surface area contributed by atoms with Crippen LogP contribution in [0.2, 0.25) is 0 Å². The summed E-state index contributed by atoms with van der Waals surface area (Å²) in [6.45, 7) is 0.663. The monoisotopic (exact) mass is 550 g/mol. The number of benzene rings is 3. The van der Waals surface area contributed by atoms with Crippen molar-refractivity contribution in [3.05, 3.63) is 89.7 Å². The third kappa shape index (κ3) is 5.99. The van der Waals surface area contributed by atoms with Crippen molar-refractivity contribution in [1.29, 1.82) is 0 Å². The molecule has 7 nitrogen and oxygen atoms in total. The Morgan fingerprint density at radius 3 is 2.67 bits per heavy atom. The molecule has 1 atom stereocenters. The minimum absolute atomic E-state index is 0.134. The van der Waals surface area contributed by atoms with Crippen LogP contribution in [0, 0.1) is 5.82 Å². The standard InChI is InChI=1S/C30H31FN2O5S/c1-32(2)25-8-3-7-22(16-25)20-37-26-9-4-6-21(17-26)11-13-28(34)27-10-5-15-33(27)39(35,36)30-19-23-18-24(31)12-14-29(23)38-30/h3-4,6-9,12,14,16-19,27H,5,10-11,13,15,20H2,1-2H3/t27-/m0/s1. The van der Waals surface area contributed by atoms with Crippen LogP contribution in [-0.4, -0.2) is 45.2 Å². The van der Waals surface area contributed by atoms with Crippen LogP contribution in [0.5, 0.6) is 5.75 Å². The maximum absolute atomic E-state index is 13.6. The number of hydrogen-bond acceptors (Lipinski definition) is 6. The number of nitrogens with zero attached hydrogens (tertiary/aromatic N) is 2. The van der Waals surface area contributed by atoms with Gasteiger partial charge in [-0.25, -0.2) is 12.8 Å². The predicted molar refractivity (Wildman–Crippen MR) is 148 cm³/mol. The minimum Gasteiger partial charge on any atom is -0.489 e. The Morgan fingerprint density at radius 2 is 1.85 bits per heavy atom. The van der Waals surface area contributed by atoms with Crippen molar-refractivity contribution in [2.75, 3.05) is 25.5 Å². The molecule has 0 radical (unpaired) electrons. The smallest absolute Gasteiger partial charge is 0.277 e. The fraction of sp³-hybridized carbons (Fsp3) is 0.300. The summed E-state index contributed by atoms with van der Waals surface area (Å²) in [4.78, 5) is 15.2. The Hall–Kier alpha value is -3.69. The highest BCUT2D eigenvalue weighted by Crippen LogP contribution is 2.31. The van der Waals surface area contributed by atoms with Gasteiger partial charge in [-0.3, -0.25) is 4.79 Å². The third-order valence-electron chi connectivity index (χ3n) is 6.99. The largest absolute Gasteiger partial charge is 0.489 e. The molecule has 39 heavy (non-hydrogen) atoms. The Bertz CT molecular complexity index is 1600. The molecule has 0 aliphatic carbocycles. The third-order valence-corrected chi connectivity index (χ3v) is 8.75. The quantitative estimate of drug-likeness (QED) is 0.257. The average molecular weight is 551 g/mol. The van der Waals surface area contributed by atoms with Crippen LogP contribution in [0.25, 0.3) is 11.0 Å². The van der Waals surface area contributed by atoms with Crippen molar-refractivity contribution in [2.24, 2.45) is 0 Å². The van der Waals surface area contributed by atoms with E-state index in [0.717, 1.165) is 16.8 Å². The van der Waals surface area contributed by atoms with E-state index >= 15 is 0 Å². The number of halogens is 1. The van der Waals surface area contributed by atoms with Crippen LogP contribution in [-0.2, 0) is 27.8 Å². The first-order valence-electron chi connectivity index (χ1n) is 12.9. The van der Waals surface area contributed by atoms with Crippen molar-refractivity contribution >= 4 is 32.5 Å². The predicted octanol–water partition coefficient (Wildman–Crippen LogP) is 5.57. The SMILES string of the molecule is CN(C)c1cccc(COc2cccc(CCC(=O)[C@@H]3CCCN3S(=O)(=O)c3cc4cc(F)ccc4o3)c2)c1. The Morgan fingerprint density at radius 1 is 1.05 bits per heavy atom. The summed E-state index contributed by atoms with van der Waals surface area (Å²) in [6, 6.07) is 20.2. The molecule has 4 aromatic rings. The van der Waals surface area contributed by atoms with Gasteiger partial charge >= 0.3 is 0 Å². The molecule has 9 heteroatoms. The number of hydrogen-bond donors (Lipinski definition) is 0. The van der Waals surface area contributed by atoms with Crippen molar-refractivity contribution in [3.63, 3.8) is 0 Å². The number of sulfonamides is 1. The number of ether oxygens (including phenoxy) is 1. The van der Waals surface area contributed by atoms with E-state index in [9.17, 15) is 17.6 Å². The van der Waals surface area contributed by atoms with Gasteiger partial charge in [-0.1, -0.05) is 24.3 Å². The van der Waals surface area contributed by atoms with Crippen LogP contribution in [0.1, 0.15) is 30.4 Å². The highest BCUT2D eigenvalue weighted by atomic mass is 32.2. The first-order chi connectivity index (χ1) is 18.7. The molecule has 1 saturated heterocycles. The molecule has 0 unspecified atom stereocenters. The lowest BCUT2D eigenvalue weighted by Crippen LogP contribution is -2.40. The molecular formula is C30H31FN2O5S. The molecule has 1 aromatic heterocycles. The van der Waals surface area contributed by atoms with E-state index in [2.05, 4.69) is 6.07 Å². The number of aryl methyl sites for hydroxylation is 1. The molecule has 1 aliphatic heterocycles. The van der Waals surface area contributed by atoms with Crippen LogP contribution >= 0.6 is 0 Å². The highest BCUT2D eigenvalue weighted by Gasteiger charge is 2.40. The van der Waals surface area contributed by atoms with Gasteiger partial charge in [0, 0.05) is 44.2 Å². The van der Waals surface area contributed by atoms with Gasteiger partial charge < -0.3 is 14.1 Å². The van der Waals surface area contributed by atoms with Crippen LogP contribution < -0.4 is 9.64 Å². The number of ketones is 1. The molecule has 0 bridgehead atoms. The number of rotatable bonds is 10. The van der Waals surface area contributed by atoms with Gasteiger partial charge in [0.2, 0.25) is 5.09 Å². The summed E-state index contributed by atoms with van der Waals surface area (Å²) < 4.78 is 53.0. The Kier molecular flexibility index (Phi) is 7.72. The molecule has 5 rings (SSSR count). The van der Waals surface area contributed by atoms with Crippen molar-refractivity contribution in [1.82, 2.24) is 4.31 Å². The van der Waals surface area contributed by atoms with Crippen LogP contribution in [0.3, 0.4) is 0 Å². The first kappa shape index (κ1) is 26.9. The zero-order valence-corrected chi connectivity index (χ0v) is 22.8. The molecular weight excluding hydrogens is 519 g/mol. The summed E-state index contributed by atoms with van der Waals surface area (Å²) in [5.41, 5.74) is 3.37. The number of carbonyl (C=O) groups excluding carboxylic acids is 1. The lowest BCUT2D eigenvalue weighted by molar-refractivity contribution is -0.122. The van der Waals surface area contributed by atoms with Gasteiger partial charge in [-0.2, -0.15) is 4.31 Å². The molecule has 2 heterocycles. The number of fused-ring (bicyclic) bond motifs is 1. The van der Waals surface area contributed by atoms with Crippen LogP contribution in [0.4, 0.5) is 10.1 Å². The minimum atomic E-state index is -4.04. The number of furan rings is 1. The maximum Gasteiger partial charge on any atom is 0.277 e. The topological polar surface area (TPSA) is 80.1 Å². The van der Waals surface area contributed by atoms with Gasteiger partial charge in [0.1, 0.15) is 23.8 Å². The molecule has 0 N–H and O–H groups in total. The maximum atomic E-state index is 13.6. The van der Waals surface area contributed by atoms with E-state index in [4.69, 9.17) is 9.15 Å². The zero-order chi connectivity index (χ0) is 27.6. The van der Waals surface area contributed by atoms with E-state index in [1.165, 1.54) is 28.6 Å². The summed E-state index contributed by atoms with van der Waals surface area (Å²) in [7, 11) is -0.0549. The number of Topliss-reactive ketones (excluding diaryl/α,β-unsaturated/α-hetero) is 1. The van der Waals surface area contributed by atoms with Gasteiger partial charge in [0.15, 0.2) is 5.78 Å². The van der Waals surface area contributed by atoms with E-state index in [1.807, 2.05) is 61.5 Å². The number of anilines is 1. The van der Waals surface area contributed by atoms with E-state index in [1.54, 1.807) is 0 Å². The molecule has 3 aromatic carbocycles. The molecule has 1 fully saturated rings. The van der Waals surface area contributed by atoms with E-state index < -0.39 is 21.9 Å². The fourth-order valence-electron chi connectivity index (χ4n) is 4.90. The fourth-order valence-corrected chi connectivity index (χ4v) is 6.53. The zero-order valence-electron chi connectivity index (χ0n) is 22.0. The molecule has 0 saturated carbocycles. The van der Waals surface area contributed by atoms with E-state index in [-0.39, 0.29) is 29.4 Å². The van der Waals surface area contributed by atoms with Crippen molar-refractivity contribution < 1.29 is 26.8 Å². The Balaban J connectivity index is 1.22. The second-order valence-corrected chi connectivity index (χ2v) is 11.8. The lowest BCUT2D eigenvalue weighted by Gasteiger charge is -2.21. The Labute approximate surface area is 227 Å². The molecule has 1 aliphatic rings. The van der Waals surface area contributed by atoms with Crippen molar-refractivity contribution in [2.45, 2.75) is 43.4 Å². The second kappa shape index (κ2) is 11.2. The highest BCUT2D eigenvalue weighted by molar-refractivity contribution is 7.89. The lowest BCUT2D eigenvalue weighted by atomic mass is 10.0. The first-order valence-corrected chi connectivity index (χ1v) is 14.4. The molecule has 0 amide bonds. The number of carbonyl (C=O) groups is 1. The summed E-state index contributed by atoms with van der Waals surface area (Å²) in [5, 5.41) is 0.0897. The van der Waals surface area contributed by atoms with E-state index in [0.29, 0.717) is 37.0 Å². The van der Waals surface area contributed by atoms with Crippen molar-refractivity contribution in [3.8, 4) is 5.75 Å².